The summed E-state index contributed by atoms with van der Waals surface area (Å²) in [6.07, 6.45) is -1.41. The van der Waals surface area contributed by atoms with Gasteiger partial charge in [-0.1, -0.05) is 65.1 Å². The Bertz CT molecular complexity index is 435. The Morgan fingerprint density at radius 1 is 1.24 bits per heavy atom. The lowest BCUT2D eigenvalue weighted by Crippen LogP contribution is -2.46. The maximum atomic E-state index is 11.6. The summed E-state index contributed by atoms with van der Waals surface area (Å²) in [6.45, 7) is 3.74. The second-order valence-electron chi connectivity index (χ2n) is 4.63. The molecule has 0 aliphatic heterocycles. The standard InChI is InChI=1S/C14H18Cl3NO3/c1-10(2)21-13(19)18-12(14(15,16)17)20-9-8-11-6-4-3-5-7-11/h3-7,10,12H,8-9H2,1-2H3,(H,18,19). The summed E-state index contributed by atoms with van der Waals surface area (Å²) in [4.78, 5) is 11.6. The lowest BCUT2D eigenvalue weighted by molar-refractivity contribution is 0.0253. The lowest BCUT2D eigenvalue weighted by Gasteiger charge is -2.25. The Balaban J connectivity index is 2.49. The number of hydrogen-bond acceptors (Lipinski definition) is 3. The third-order valence-corrected chi connectivity index (χ3v) is 3.00. The summed E-state index contributed by atoms with van der Waals surface area (Å²) < 4.78 is 8.60. The van der Waals surface area contributed by atoms with Crippen molar-refractivity contribution in [1.29, 1.82) is 0 Å². The molecule has 118 valence electrons. The van der Waals surface area contributed by atoms with Gasteiger partial charge in [0.15, 0.2) is 6.23 Å². The van der Waals surface area contributed by atoms with Gasteiger partial charge in [-0.3, -0.25) is 5.32 Å². The van der Waals surface area contributed by atoms with E-state index >= 15 is 0 Å². The highest BCUT2D eigenvalue weighted by atomic mass is 35.6. The largest absolute Gasteiger partial charge is 0.447 e. The van der Waals surface area contributed by atoms with Gasteiger partial charge in [0.25, 0.3) is 0 Å². The van der Waals surface area contributed by atoms with Crippen LogP contribution in [0.2, 0.25) is 0 Å². The van der Waals surface area contributed by atoms with Gasteiger partial charge < -0.3 is 9.47 Å². The molecule has 0 aliphatic rings. The number of hydrogen-bond donors (Lipinski definition) is 1. The summed E-state index contributed by atoms with van der Waals surface area (Å²) >= 11 is 17.4. The minimum absolute atomic E-state index is 0.273. The first kappa shape index (κ1) is 18.4. The van der Waals surface area contributed by atoms with Gasteiger partial charge in [0.2, 0.25) is 3.79 Å². The quantitative estimate of drug-likeness (QED) is 0.618. The molecule has 0 heterocycles. The number of alkyl halides is 3. The molecule has 0 saturated heterocycles. The fraction of sp³-hybridized carbons (Fsp3) is 0.500. The van der Waals surface area contributed by atoms with Gasteiger partial charge in [-0.15, -0.1) is 0 Å². The van der Waals surface area contributed by atoms with Gasteiger partial charge >= 0.3 is 6.09 Å². The van der Waals surface area contributed by atoms with Crippen LogP contribution in [0.25, 0.3) is 0 Å². The highest BCUT2D eigenvalue weighted by Crippen LogP contribution is 2.31. The predicted octanol–water partition coefficient (Wildman–Crippen LogP) is 4.08. The minimum atomic E-state index is -1.79. The molecule has 0 radical (unpaired) electrons. The summed E-state index contributed by atoms with van der Waals surface area (Å²) in [6, 6.07) is 9.72. The van der Waals surface area contributed by atoms with Crippen LogP contribution >= 0.6 is 34.8 Å². The molecule has 1 aromatic rings. The van der Waals surface area contributed by atoms with Crippen LogP contribution in [0.5, 0.6) is 0 Å². The number of carbonyl (C=O) groups is 1. The van der Waals surface area contributed by atoms with E-state index in [0.29, 0.717) is 13.0 Å². The molecule has 0 aromatic heterocycles. The molecule has 21 heavy (non-hydrogen) atoms. The van der Waals surface area contributed by atoms with Crippen molar-refractivity contribution in [2.45, 2.75) is 36.4 Å². The van der Waals surface area contributed by atoms with Crippen molar-refractivity contribution in [1.82, 2.24) is 5.32 Å². The van der Waals surface area contributed by atoms with E-state index in [1.54, 1.807) is 13.8 Å². The average Bonchev–Trinajstić information content (AvgIpc) is 2.36. The molecule has 0 aliphatic carbocycles. The van der Waals surface area contributed by atoms with Crippen molar-refractivity contribution < 1.29 is 14.3 Å². The topological polar surface area (TPSA) is 47.6 Å². The van der Waals surface area contributed by atoms with Gasteiger partial charge in [0.1, 0.15) is 0 Å². The Hall–Kier alpha value is -0.680. The van der Waals surface area contributed by atoms with Crippen LogP contribution < -0.4 is 5.32 Å². The van der Waals surface area contributed by atoms with Crippen molar-refractivity contribution in [3.05, 3.63) is 35.9 Å². The molecule has 0 saturated carbocycles. The second-order valence-corrected chi connectivity index (χ2v) is 7.00. The van der Waals surface area contributed by atoms with E-state index in [1.165, 1.54) is 0 Å². The van der Waals surface area contributed by atoms with E-state index in [2.05, 4.69) is 5.32 Å². The Morgan fingerprint density at radius 3 is 2.38 bits per heavy atom. The zero-order chi connectivity index (χ0) is 15.9. The number of rotatable bonds is 6. The van der Waals surface area contributed by atoms with Gasteiger partial charge in [-0.25, -0.2) is 4.79 Å². The Kier molecular flexibility index (Phi) is 7.60. The Labute approximate surface area is 139 Å². The highest BCUT2D eigenvalue weighted by molar-refractivity contribution is 6.68. The fourth-order valence-corrected chi connectivity index (χ4v) is 1.87. The van der Waals surface area contributed by atoms with Crippen molar-refractivity contribution in [3.8, 4) is 0 Å². The second kappa shape index (κ2) is 8.69. The number of benzene rings is 1. The number of nitrogens with one attached hydrogen (secondary N) is 1. The van der Waals surface area contributed by atoms with Crippen molar-refractivity contribution in [2.75, 3.05) is 6.61 Å². The van der Waals surface area contributed by atoms with Crippen LogP contribution in [0, 0.1) is 0 Å². The van der Waals surface area contributed by atoms with E-state index in [-0.39, 0.29) is 6.10 Å². The molecule has 0 spiro atoms. The van der Waals surface area contributed by atoms with Crippen LogP contribution in [0.4, 0.5) is 4.79 Å². The number of halogens is 3. The molecule has 4 nitrogen and oxygen atoms in total. The van der Waals surface area contributed by atoms with Crippen molar-refractivity contribution in [3.63, 3.8) is 0 Å². The van der Waals surface area contributed by atoms with Gasteiger partial charge in [-0.2, -0.15) is 0 Å². The van der Waals surface area contributed by atoms with Crippen LogP contribution in [-0.4, -0.2) is 28.8 Å². The lowest BCUT2D eigenvalue weighted by atomic mass is 10.2. The summed E-state index contributed by atoms with van der Waals surface area (Å²) in [7, 11) is 0. The first-order valence-corrected chi connectivity index (χ1v) is 7.62. The molecule has 1 unspecified atom stereocenters. The zero-order valence-electron chi connectivity index (χ0n) is 11.8. The number of alkyl carbamates (subject to hydrolysis) is 1. The van der Waals surface area contributed by atoms with Gasteiger partial charge in [0, 0.05) is 0 Å². The van der Waals surface area contributed by atoms with E-state index in [4.69, 9.17) is 44.3 Å². The maximum absolute atomic E-state index is 11.6. The van der Waals surface area contributed by atoms with Gasteiger partial charge in [0.05, 0.1) is 12.7 Å². The monoisotopic (exact) mass is 353 g/mol. The normalized spacial score (nSPS) is 13.0. The predicted molar refractivity (Wildman–Crippen MR) is 84.9 cm³/mol. The van der Waals surface area contributed by atoms with Crippen LogP contribution in [0.3, 0.4) is 0 Å². The third kappa shape index (κ3) is 7.77. The smallest absolute Gasteiger partial charge is 0.409 e. The first-order valence-electron chi connectivity index (χ1n) is 6.48. The fourth-order valence-electron chi connectivity index (χ4n) is 1.51. The van der Waals surface area contributed by atoms with Crippen LogP contribution in [0.15, 0.2) is 30.3 Å². The summed E-state index contributed by atoms with van der Waals surface area (Å²) in [5.41, 5.74) is 1.09. The molecule has 7 heteroatoms. The number of ether oxygens (including phenoxy) is 2. The minimum Gasteiger partial charge on any atom is -0.447 e. The van der Waals surface area contributed by atoms with E-state index in [0.717, 1.165) is 5.56 Å². The molecule has 1 rings (SSSR count). The summed E-state index contributed by atoms with van der Waals surface area (Å²) in [5.74, 6) is 0. The molecule has 1 amide bonds. The third-order valence-electron chi connectivity index (χ3n) is 2.41. The van der Waals surface area contributed by atoms with Crippen molar-refractivity contribution >= 4 is 40.9 Å². The first-order chi connectivity index (χ1) is 9.79. The SMILES string of the molecule is CC(C)OC(=O)NC(OCCc1ccccc1)C(Cl)(Cl)Cl. The van der Waals surface area contributed by atoms with E-state index in [9.17, 15) is 4.79 Å². The number of amides is 1. The average molecular weight is 355 g/mol. The highest BCUT2D eigenvalue weighted by Gasteiger charge is 2.35. The Morgan fingerprint density at radius 2 is 1.86 bits per heavy atom. The summed E-state index contributed by atoms with van der Waals surface area (Å²) in [5, 5.41) is 2.40. The maximum Gasteiger partial charge on any atom is 0.409 e. The van der Waals surface area contributed by atoms with E-state index in [1.807, 2.05) is 30.3 Å². The molecule has 0 fully saturated rings. The molecule has 1 atom stereocenters. The molecular formula is C14H18Cl3NO3. The molecule has 1 N–H and O–H groups in total. The van der Waals surface area contributed by atoms with Crippen molar-refractivity contribution in [2.24, 2.45) is 0 Å². The zero-order valence-corrected chi connectivity index (χ0v) is 14.1. The van der Waals surface area contributed by atoms with Gasteiger partial charge in [-0.05, 0) is 25.8 Å². The van der Waals surface area contributed by atoms with Crippen LogP contribution in [0.1, 0.15) is 19.4 Å². The molecule has 1 aromatic carbocycles. The van der Waals surface area contributed by atoms with Crippen LogP contribution in [-0.2, 0) is 15.9 Å². The molecule has 0 bridgehead atoms. The number of carbonyl (C=O) groups excluding carboxylic acids is 1. The molecular weight excluding hydrogens is 337 g/mol. The van der Waals surface area contributed by atoms with E-state index < -0.39 is 16.1 Å².